The van der Waals surface area contributed by atoms with Gasteiger partial charge in [-0.05, 0) is 62.1 Å². The van der Waals surface area contributed by atoms with E-state index in [-0.39, 0.29) is 13.2 Å². The highest BCUT2D eigenvalue weighted by Crippen LogP contribution is 2.42. The lowest BCUT2D eigenvalue weighted by atomic mass is 9.77. The molecule has 2 N–H and O–H groups in total. The summed E-state index contributed by atoms with van der Waals surface area (Å²) in [6, 6.07) is 36.9. The normalized spacial score (nSPS) is 12.2. The third kappa shape index (κ3) is 7.11. The van der Waals surface area contributed by atoms with E-state index in [1.807, 2.05) is 84.3 Å². The number of hydrogen-bond donors (Lipinski definition) is 2. The fraction of sp³-hybridized carbons (Fsp3) is 0.244. The van der Waals surface area contributed by atoms with Crippen molar-refractivity contribution in [1.82, 2.24) is 14.5 Å². The standard InChI is InChI=1S/C41H42N4O4/c1-5-48-27-35-43-37-38(45(35)28-40(3,4)47)33-24-22-29(23-25-36(46)49-6-2)26-34(33)42-39(37)44-41(30-16-10-7-11-17-30,31-18-12-8-13-19-31)32-20-14-9-15-21-32/h7-26,47H,5-6,27-28H2,1-4H3,(H,42,44)/b25-23+. The molecule has 8 heteroatoms. The van der Waals surface area contributed by atoms with Crippen molar-refractivity contribution in [3.8, 4) is 0 Å². The number of anilines is 1. The van der Waals surface area contributed by atoms with Crippen LogP contribution in [0.5, 0.6) is 0 Å². The van der Waals surface area contributed by atoms with Crippen molar-refractivity contribution in [2.24, 2.45) is 0 Å². The molecule has 0 radical (unpaired) electrons. The molecule has 0 amide bonds. The summed E-state index contributed by atoms with van der Waals surface area (Å²) < 4.78 is 13.1. The van der Waals surface area contributed by atoms with Gasteiger partial charge in [0.25, 0.3) is 0 Å². The number of rotatable bonds is 13. The number of aliphatic hydroxyl groups is 1. The van der Waals surface area contributed by atoms with Gasteiger partial charge in [-0.15, -0.1) is 0 Å². The molecule has 2 aromatic heterocycles. The molecule has 0 atom stereocenters. The largest absolute Gasteiger partial charge is 0.463 e. The Morgan fingerprint density at radius 3 is 1.96 bits per heavy atom. The maximum absolute atomic E-state index is 12.2. The average Bonchev–Trinajstić information content (AvgIpc) is 3.46. The Balaban J connectivity index is 1.67. The monoisotopic (exact) mass is 654 g/mol. The highest BCUT2D eigenvalue weighted by Gasteiger charge is 2.38. The molecule has 0 aliphatic carbocycles. The van der Waals surface area contributed by atoms with Crippen molar-refractivity contribution < 1.29 is 19.4 Å². The minimum absolute atomic E-state index is 0.268. The van der Waals surface area contributed by atoms with E-state index in [2.05, 4.69) is 41.7 Å². The number of aromatic nitrogens is 3. The summed E-state index contributed by atoms with van der Waals surface area (Å²) in [6.07, 6.45) is 3.15. The second kappa shape index (κ2) is 14.4. The van der Waals surface area contributed by atoms with Crippen LogP contribution in [0, 0.1) is 0 Å². The quantitative estimate of drug-likeness (QED) is 0.0743. The van der Waals surface area contributed by atoms with Gasteiger partial charge in [-0.1, -0.05) is 103 Å². The maximum atomic E-state index is 12.2. The zero-order valence-electron chi connectivity index (χ0n) is 28.4. The fourth-order valence-corrected chi connectivity index (χ4v) is 6.32. The van der Waals surface area contributed by atoms with Gasteiger partial charge in [0.2, 0.25) is 0 Å². The number of fused-ring (bicyclic) bond motifs is 3. The third-order valence-corrected chi connectivity index (χ3v) is 8.39. The van der Waals surface area contributed by atoms with E-state index in [1.54, 1.807) is 26.8 Å². The lowest BCUT2D eigenvalue weighted by molar-refractivity contribution is -0.137. The van der Waals surface area contributed by atoms with Crippen molar-refractivity contribution >= 4 is 39.8 Å². The molecule has 49 heavy (non-hydrogen) atoms. The molecule has 0 spiro atoms. The van der Waals surface area contributed by atoms with Gasteiger partial charge in [0.05, 0.1) is 29.8 Å². The SMILES string of the molecule is CCOCc1nc2c(NC(c3ccccc3)(c3ccccc3)c3ccccc3)nc3cc(/C=C/C(=O)OCC)ccc3c2n1CC(C)(C)O. The van der Waals surface area contributed by atoms with Crippen molar-refractivity contribution in [2.75, 3.05) is 18.5 Å². The fourth-order valence-electron chi connectivity index (χ4n) is 6.32. The molecule has 0 aliphatic heterocycles. The van der Waals surface area contributed by atoms with Crippen LogP contribution in [-0.4, -0.2) is 44.4 Å². The Kier molecular flexibility index (Phi) is 9.90. The van der Waals surface area contributed by atoms with Crippen molar-refractivity contribution in [1.29, 1.82) is 0 Å². The van der Waals surface area contributed by atoms with Gasteiger partial charge >= 0.3 is 5.97 Å². The Morgan fingerprint density at radius 2 is 1.43 bits per heavy atom. The number of nitrogens with one attached hydrogen (secondary N) is 1. The maximum Gasteiger partial charge on any atom is 0.330 e. The lowest BCUT2D eigenvalue weighted by Gasteiger charge is -2.37. The summed E-state index contributed by atoms with van der Waals surface area (Å²) in [7, 11) is 0. The second-order valence-electron chi connectivity index (χ2n) is 12.6. The Labute approximate surface area is 287 Å². The number of ether oxygens (including phenoxy) is 2. The smallest absolute Gasteiger partial charge is 0.330 e. The van der Waals surface area contributed by atoms with Gasteiger partial charge in [-0.3, -0.25) is 0 Å². The molecule has 4 aromatic carbocycles. The summed E-state index contributed by atoms with van der Waals surface area (Å²) in [5.41, 5.74) is 4.16. The molecular formula is C41H42N4O4. The molecule has 8 nitrogen and oxygen atoms in total. The number of hydrogen-bond acceptors (Lipinski definition) is 7. The van der Waals surface area contributed by atoms with Crippen LogP contribution < -0.4 is 5.32 Å². The van der Waals surface area contributed by atoms with Crippen LogP contribution in [-0.2, 0) is 33.0 Å². The summed E-state index contributed by atoms with van der Waals surface area (Å²) in [6.45, 7) is 8.68. The van der Waals surface area contributed by atoms with E-state index in [0.29, 0.717) is 35.9 Å². The number of benzene rings is 4. The van der Waals surface area contributed by atoms with Crippen molar-refractivity contribution in [3.63, 3.8) is 0 Å². The highest BCUT2D eigenvalue weighted by molar-refractivity contribution is 6.08. The van der Waals surface area contributed by atoms with Gasteiger partial charge in [0.15, 0.2) is 5.82 Å². The summed E-state index contributed by atoms with van der Waals surface area (Å²) in [5.74, 6) is 0.848. The van der Waals surface area contributed by atoms with Gasteiger partial charge in [0.1, 0.15) is 23.5 Å². The molecule has 0 fully saturated rings. The second-order valence-corrected chi connectivity index (χ2v) is 12.6. The first kappa shape index (κ1) is 33.6. The van der Waals surface area contributed by atoms with Crippen LogP contribution in [0.25, 0.3) is 28.0 Å². The van der Waals surface area contributed by atoms with Crippen molar-refractivity contribution in [3.05, 3.63) is 143 Å². The molecule has 250 valence electrons. The summed E-state index contributed by atoms with van der Waals surface area (Å²) in [4.78, 5) is 22.6. The number of carbonyl (C=O) groups excluding carboxylic acids is 1. The van der Waals surface area contributed by atoms with Gasteiger partial charge in [0, 0.05) is 18.1 Å². The van der Waals surface area contributed by atoms with Crippen LogP contribution in [0.15, 0.2) is 115 Å². The molecule has 0 saturated carbocycles. The Hall–Kier alpha value is -5.31. The van der Waals surface area contributed by atoms with Crippen LogP contribution >= 0.6 is 0 Å². The molecule has 0 unspecified atom stereocenters. The minimum Gasteiger partial charge on any atom is -0.463 e. The number of carbonyl (C=O) groups is 1. The summed E-state index contributed by atoms with van der Waals surface area (Å²) >= 11 is 0. The first-order valence-corrected chi connectivity index (χ1v) is 16.7. The number of esters is 1. The summed E-state index contributed by atoms with van der Waals surface area (Å²) in [5, 5.41) is 15.9. The molecule has 2 heterocycles. The van der Waals surface area contributed by atoms with Gasteiger partial charge < -0.3 is 24.5 Å². The zero-order valence-corrected chi connectivity index (χ0v) is 28.4. The van der Waals surface area contributed by atoms with Crippen LogP contribution in [0.4, 0.5) is 5.82 Å². The van der Waals surface area contributed by atoms with Gasteiger partial charge in [-0.2, -0.15) is 0 Å². The Bertz CT molecular complexity index is 1970. The number of pyridine rings is 1. The van der Waals surface area contributed by atoms with Crippen LogP contribution in [0.2, 0.25) is 0 Å². The molecule has 0 aliphatic rings. The third-order valence-electron chi connectivity index (χ3n) is 8.39. The zero-order chi connectivity index (χ0) is 34.4. The molecular weight excluding hydrogens is 612 g/mol. The van der Waals surface area contributed by atoms with Gasteiger partial charge in [-0.25, -0.2) is 14.8 Å². The van der Waals surface area contributed by atoms with Crippen LogP contribution in [0.3, 0.4) is 0 Å². The number of imidazole rings is 1. The molecule has 0 bridgehead atoms. The van der Waals surface area contributed by atoms with E-state index in [4.69, 9.17) is 19.4 Å². The van der Waals surface area contributed by atoms with Crippen LogP contribution in [0.1, 0.15) is 55.8 Å². The minimum atomic E-state index is -1.04. The lowest BCUT2D eigenvalue weighted by Crippen LogP contribution is -2.38. The average molecular weight is 655 g/mol. The molecule has 0 saturated heterocycles. The van der Waals surface area contributed by atoms with E-state index in [9.17, 15) is 9.90 Å². The van der Waals surface area contributed by atoms with E-state index in [0.717, 1.165) is 33.2 Å². The van der Waals surface area contributed by atoms with E-state index >= 15 is 0 Å². The first-order chi connectivity index (χ1) is 23.7. The molecule has 6 aromatic rings. The van der Waals surface area contributed by atoms with E-state index < -0.39 is 17.1 Å². The predicted molar refractivity (Wildman–Crippen MR) is 195 cm³/mol. The topological polar surface area (TPSA) is 98.5 Å². The van der Waals surface area contributed by atoms with Crippen molar-refractivity contribution in [2.45, 2.75) is 52.0 Å². The van der Waals surface area contributed by atoms with E-state index in [1.165, 1.54) is 6.08 Å². The number of nitrogens with zero attached hydrogens (tertiary/aromatic N) is 3. The molecule has 6 rings (SSSR count). The Morgan fingerprint density at radius 1 is 0.837 bits per heavy atom. The predicted octanol–water partition coefficient (Wildman–Crippen LogP) is 7.87. The first-order valence-electron chi connectivity index (χ1n) is 16.7. The highest BCUT2D eigenvalue weighted by atomic mass is 16.5.